The normalized spacial score (nSPS) is 12.0. The first-order valence-electron chi connectivity index (χ1n) is 8.94. The second kappa shape index (κ2) is 9.47. The lowest BCUT2D eigenvalue weighted by Crippen LogP contribution is -2.47. The number of halogens is 1. The molecule has 0 saturated heterocycles. The average Bonchev–Trinajstić information content (AvgIpc) is 3.17. The molecule has 2 aromatic carbocycles. The summed E-state index contributed by atoms with van der Waals surface area (Å²) in [6.45, 7) is -0.379. The van der Waals surface area contributed by atoms with Gasteiger partial charge in [-0.15, -0.1) is 0 Å². The number of carbonyl (C=O) groups is 2. The number of phenols is 1. The number of phenolic OH excluding ortho intramolecular Hbond substituents is 1. The topological polar surface area (TPSA) is 156 Å². The third kappa shape index (κ3) is 5.51. The maximum Gasteiger partial charge on any atom is 0.333 e. The lowest BCUT2D eigenvalue weighted by Gasteiger charge is -2.24. The van der Waals surface area contributed by atoms with E-state index in [1.165, 1.54) is 5.01 Å². The van der Waals surface area contributed by atoms with Crippen molar-refractivity contribution < 1.29 is 34.5 Å². The van der Waals surface area contributed by atoms with Gasteiger partial charge in [-0.1, -0.05) is 48.0 Å². The smallest absolute Gasteiger partial charge is 0.333 e. The van der Waals surface area contributed by atoms with Gasteiger partial charge < -0.3 is 24.9 Å². The highest BCUT2D eigenvalue weighted by molar-refractivity contribution is 6.32. The molecule has 10 nitrogen and oxygen atoms in total. The fraction of sp³-hybridized carbons (Fsp3) is 0.150. The summed E-state index contributed by atoms with van der Waals surface area (Å²) in [5.41, 5.74) is 4.32. The monoisotopic (exact) mass is 447 g/mol. The zero-order chi connectivity index (χ0) is 22.5. The number of nitrogens with one attached hydrogen (secondary N) is 1. The number of aliphatic carboxylic acids is 1. The van der Waals surface area contributed by atoms with Crippen LogP contribution in [0.15, 0.2) is 53.1 Å². The van der Waals surface area contributed by atoms with Gasteiger partial charge in [0, 0.05) is 12.1 Å². The highest BCUT2D eigenvalue weighted by atomic mass is 35.5. The van der Waals surface area contributed by atoms with Gasteiger partial charge in [0.05, 0.1) is 17.6 Å². The molecular weight excluding hydrogens is 430 g/mol. The number of benzene rings is 2. The maximum atomic E-state index is 12.3. The third-order valence-electron chi connectivity index (χ3n) is 4.28. The average molecular weight is 448 g/mol. The van der Waals surface area contributed by atoms with E-state index in [0.29, 0.717) is 16.7 Å². The second-order valence-corrected chi connectivity index (χ2v) is 6.96. The molecule has 0 aliphatic rings. The summed E-state index contributed by atoms with van der Waals surface area (Å²) < 4.78 is 4.66. The van der Waals surface area contributed by atoms with Gasteiger partial charge in [0.25, 0.3) is 5.88 Å². The van der Waals surface area contributed by atoms with Crippen molar-refractivity contribution in [2.45, 2.75) is 12.6 Å². The molecule has 0 bridgehead atoms. The van der Waals surface area contributed by atoms with Crippen LogP contribution in [-0.2, 0) is 11.3 Å². The van der Waals surface area contributed by atoms with Gasteiger partial charge in [0.2, 0.25) is 5.76 Å². The summed E-state index contributed by atoms with van der Waals surface area (Å²) >= 11 is 5.94. The fourth-order valence-corrected chi connectivity index (χ4v) is 2.94. The van der Waals surface area contributed by atoms with Gasteiger partial charge in [-0.25, -0.2) is 9.80 Å². The quantitative estimate of drug-likeness (QED) is 0.326. The summed E-state index contributed by atoms with van der Waals surface area (Å²) in [6, 6.07) is 12.8. The summed E-state index contributed by atoms with van der Waals surface area (Å²) in [4.78, 5) is 23.3. The van der Waals surface area contributed by atoms with Crippen LogP contribution in [0.5, 0.6) is 11.6 Å². The molecular formula is C20H18ClN3O7. The van der Waals surface area contributed by atoms with Crippen LogP contribution in [0, 0.1) is 0 Å². The van der Waals surface area contributed by atoms with E-state index in [1.54, 1.807) is 42.5 Å². The number of amides is 1. The molecule has 5 N–H and O–H groups in total. The van der Waals surface area contributed by atoms with Crippen LogP contribution >= 0.6 is 11.6 Å². The highest BCUT2D eigenvalue weighted by Gasteiger charge is 2.22. The number of aliphatic hydroxyl groups is 1. The molecule has 0 aliphatic carbocycles. The third-order valence-corrected chi connectivity index (χ3v) is 4.59. The number of hydrogen-bond acceptors (Lipinski definition) is 8. The minimum absolute atomic E-state index is 0.0397. The van der Waals surface area contributed by atoms with Crippen molar-refractivity contribution >= 4 is 23.5 Å². The van der Waals surface area contributed by atoms with E-state index in [0.717, 1.165) is 6.07 Å². The SMILES string of the molecule is O=C(NN(Cc1ccc(-c2cccc(Cl)c2O)cc1)C[C@@H](O)C(=O)O)c1cc(O)no1. The van der Waals surface area contributed by atoms with E-state index in [2.05, 4.69) is 15.1 Å². The van der Waals surface area contributed by atoms with Crippen molar-refractivity contribution in [3.63, 3.8) is 0 Å². The number of aromatic hydroxyl groups is 2. The van der Waals surface area contributed by atoms with Gasteiger partial charge in [0.15, 0.2) is 6.10 Å². The molecule has 0 saturated carbocycles. The van der Waals surface area contributed by atoms with Crippen molar-refractivity contribution in [2.75, 3.05) is 6.54 Å². The van der Waals surface area contributed by atoms with E-state index in [1.807, 2.05) is 0 Å². The Morgan fingerprint density at radius 2 is 1.87 bits per heavy atom. The molecule has 162 valence electrons. The number of aromatic nitrogens is 1. The molecule has 0 aliphatic heterocycles. The van der Waals surface area contributed by atoms with Crippen molar-refractivity contribution in [2.24, 2.45) is 0 Å². The van der Waals surface area contributed by atoms with Crippen LogP contribution in [0.25, 0.3) is 11.1 Å². The number of nitrogens with zero attached hydrogens (tertiary/aromatic N) is 2. The Morgan fingerprint density at radius 3 is 2.48 bits per heavy atom. The summed E-state index contributed by atoms with van der Waals surface area (Å²) in [7, 11) is 0. The standard InChI is InChI=1S/C20H18ClN3O7/c21-14-3-1-2-13(18(14)27)12-6-4-11(5-7-12)9-24(10-15(25)20(29)30)22-19(28)16-8-17(26)23-31-16/h1-8,15,25,27H,9-10H2,(H,22,28)(H,23,26)(H,29,30)/t15-/m1/s1. The Morgan fingerprint density at radius 1 is 1.16 bits per heavy atom. The number of rotatable bonds is 8. The van der Waals surface area contributed by atoms with E-state index >= 15 is 0 Å². The van der Waals surface area contributed by atoms with Crippen molar-refractivity contribution in [3.8, 4) is 22.8 Å². The zero-order valence-corrected chi connectivity index (χ0v) is 16.7. The van der Waals surface area contributed by atoms with E-state index < -0.39 is 30.4 Å². The maximum absolute atomic E-state index is 12.3. The van der Waals surface area contributed by atoms with Crippen molar-refractivity contribution in [1.82, 2.24) is 15.6 Å². The van der Waals surface area contributed by atoms with E-state index in [-0.39, 0.29) is 23.1 Å². The van der Waals surface area contributed by atoms with Gasteiger partial charge in [-0.3, -0.25) is 10.2 Å². The Hall–Kier alpha value is -3.60. The molecule has 1 amide bonds. The minimum Gasteiger partial charge on any atom is -0.506 e. The Kier molecular flexibility index (Phi) is 6.75. The molecule has 0 spiro atoms. The van der Waals surface area contributed by atoms with Crippen LogP contribution in [0.2, 0.25) is 5.02 Å². The largest absolute Gasteiger partial charge is 0.506 e. The number of para-hydroxylation sites is 1. The number of hydrazine groups is 1. The fourth-order valence-electron chi connectivity index (χ4n) is 2.77. The Labute approximate surface area is 180 Å². The molecule has 11 heteroatoms. The number of aliphatic hydroxyl groups excluding tert-OH is 1. The molecule has 0 radical (unpaired) electrons. The van der Waals surface area contributed by atoms with Crippen LogP contribution < -0.4 is 5.43 Å². The minimum atomic E-state index is -1.76. The van der Waals surface area contributed by atoms with E-state index in [4.69, 9.17) is 16.7 Å². The lowest BCUT2D eigenvalue weighted by molar-refractivity contribution is -0.148. The number of carboxylic acids is 1. The molecule has 0 unspecified atom stereocenters. The van der Waals surface area contributed by atoms with Crippen molar-refractivity contribution in [1.29, 1.82) is 0 Å². The lowest BCUT2D eigenvalue weighted by atomic mass is 10.0. The predicted octanol–water partition coefficient (Wildman–Crippen LogP) is 2.00. The van der Waals surface area contributed by atoms with Gasteiger partial charge >= 0.3 is 11.9 Å². The Bertz CT molecular complexity index is 1080. The van der Waals surface area contributed by atoms with E-state index in [9.17, 15) is 24.9 Å². The summed E-state index contributed by atoms with van der Waals surface area (Å²) in [5, 5.41) is 42.6. The predicted molar refractivity (Wildman–Crippen MR) is 108 cm³/mol. The second-order valence-electron chi connectivity index (χ2n) is 6.56. The molecule has 31 heavy (non-hydrogen) atoms. The van der Waals surface area contributed by atoms with Crippen LogP contribution in [-0.4, -0.2) is 55.1 Å². The highest BCUT2D eigenvalue weighted by Crippen LogP contribution is 2.34. The molecule has 3 aromatic rings. The van der Waals surface area contributed by atoms with Gasteiger partial charge in [0.1, 0.15) is 5.75 Å². The van der Waals surface area contributed by atoms with Gasteiger partial charge in [-0.2, -0.15) is 0 Å². The first-order chi connectivity index (χ1) is 14.7. The van der Waals surface area contributed by atoms with Gasteiger partial charge in [-0.05, 0) is 22.3 Å². The first kappa shape index (κ1) is 22.1. The molecule has 1 aromatic heterocycles. The number of carbonyl (C=O) groups excluding carboxylic acids is 1. The summed E-state index contributed by atoms with van der Waals surface area (Å²) in [5.74, 6) is -3.07. The molecule has 0 fully saturated rings. The van der Waals surface area contributed by atoms with Crippen LogP contribution in [0.4, 0.5) is 0 Å². The number of carboxylic acid groups (broad SMARTS) is 1. The van der Waals surface area contributed by atoms with Crippen LogP contribution in [0.1, 0.15) is 16.1 Å². The Balaban J connectivity index is 1.77. The first-order valence-corrected chi connectivity index (χ1v) is 9.31. The molecule has 3 rings (SSSR count). The number of hydrogen-bond donors (Lipinski definition) is 5. The van der Waals surface area contributed by atoms with Crippen LogP contribution in [0.3, 0.4) is 0 Å². The van der Waals surface area contributed by atoms with Crippen molar-refractivity contribution in [3.05, 3.63) is 64.9 Å². The molecule has 1 heterocycles. The summed E-state index contributed by atoms with van der Waals surface area (Å²) in [6.07, 6.45) is -1.76. The zero-order valence-electron chi connectivity index (χ0n) is 15.9. The molecule has 1 atom stereocenters.